The van der Waals surface area contributed by atoms with E-state index in [0.717, 1.165) is 38.5 Å². The van der Waals surface area contributed by atoms with Crippen molar-refractivity contribution in [3.63, 3.8) is 0 Å². The van der Waals surface area contributed by atoms with Crippen molar-refractivity contribution >= 4 is 23.3 Å². The van der Waals surface area contributed by atoms with Crippen LogP contribution in [0.25, 0.3) is 0 Å². The van der Waals surface area contributed by atoms with Gasteiger partial charge >= 0.3 is 11.9 Å². The molecule has 6 heteroatoms. The number of anilines is 2. The Morgan fingerprint density at radius 1 is 0.792 bits per heavy atom. The number of carbonyl (C=O) groups is 2. The molecule has 0 aliphatic rings. The van der Waals surface area contributed by atoms with Gasteiger partial charge in [-0.1, -0.05) is 39.5 Å². The second-order valence-corrected chi connectivity index (χ2v) is 5.82. The van der Waals surface area contributed by atoms with Crippen LogP contribution in [0.3, 0.4) is 0 Å². The standard InChI is InChI=1S/C18H28N2O4/c1-3-5-7-9-19-15-11-14(18(23)24)16(12-13(15)17(21)22)20-10-8-6-4-2/h11-12,19-20H,3-10H2,1-2H3,(H,21,22)(H,23,24). The average molecular weight is 336 g/mol. The van der Waals surface area contributed by atoms with Crippen LogP contribution in [0.1, 0.15) is 73.1 Å². The molecule has 0 heterocycles. The summed E-state index contributed by atoms with van der Waals surface area (Å²) in [6.07, 6.45) is 6.03. The van der Waals surface area contributed by atoms with Crippen LogP contribution in [-0.2, 0) is 0 Å². The quantitative estimate of drug-likeness (QED) is 0.425. The Balaban J connectivity index is 3.00. The second-order valence-electron chi connectivity index (χ2n) is 5.82. The zero-order valence-electron chi connectivity index (χ0n) is 14.5. The highest BCUT2D eigenvalue weighted by atomic mass is 16.4. The lowest BCUT2D eigenvalue weighted by molar-refractivity contribution is 0.0682. The maximum atomic E-state index is 11.5. The average Bonchev–Trinajstić information content (AvgIpc) is 2.55. The fraction of sp³-hybridized carbons (Fsp3) is 0.556. The summed E-state index contributed by atoms with van der Waals surface area (Å²) < 4.78 is 0. The summed E-state index contributed by atoms with van der Waals surface area (Å²) in [7, 11) is 0. The fourth-order valence-electron chi connectivity index (χ4n) is 2.44. The Bertz CT molecular complexity index is 508. The maximum absolute atomic E-state index is 11.5. The van der Waals surface area contributed by atoms with Crippen LogP contribution in [0, 0.1) is 0 Å². The largest absolute Gasteiger partial charge is 0.478 e. The number of hydrogen-bond donors (Lipinski definition) is 4. The third kappa shape index (κ3) is 6.10. The molecule has 0 spiro atoms. The zero-order valence-corrected chi connectivity index (χ0v) is 14.5. The summed E-state index contributed by atoms with van der Waals surface area (Å²) in [6.45, 7) is 5.42. The fourth-order valence-corrected chi connectivity index (χ4v) is 2.44. The lowest BCUT2D eigenvalue weighted by atomic mass is 10.1. The van der Waals surface area contributed by atoms with E-state index in [1.54, 1.807) is 0 Å². The first-order chi connectivity index (χ1) is 11.5. The summed E-state index contributed by atoms with van der Waals surface area (Å²) in [4.78, 5) is 23.0. The predicted molar refractivity (Wildman–Crippen MR) is 96.4 cm³/mol. The number of unbranched alkanes of at least 4 members (excludes halogenated alkanes) is 4. The molecule has 0 aromatic heterocycles. The maximum Gasteiger partial charge on any atom is 0.337 e. The number of nitrogens with one attached hydrogen (secondary N) is 2. The van der Waals surface area contributed by atoms with Crippen LogP contribution in [0.15, 0.2) is 12.1 Å². The topological polar surface area (TPSA) is 98.7 Å². The summed E-state index contributed by atoms with van der Waals surface area (Å²) in [5.41, 5.74) is 0.897. The van der Waals surface area contributed by atoms with Crippen molar-refractivity contribution in [1.29, 1.82) is 0 Å². The van der Waals surface area contributed by atoms with Crippen molar-refractivity contribution in [2.24, 2.45) is 0 Å². The molecule has 1 aromatic carbocycles. The lowest BCUT2D eigenvalue weighted by Gasteiger charge is -2.15. The monoisotopic (exact) mass is 336 g/mol. The van der Waals surface area contributed by atoms with E-state index in [-0.39, 0.29) is 11.1 Å². The molecule has 0 unspecified atom stereocenters. The lowest BCUT2D eigenvalue weighted by Crippen LogP contribution is -2.13. The van der Waals surface area contributed by atoms with Gasteiger partial charge in [-0.25, -0.2) is 9.59 Å². The van der Waals surface area contributed by atoms with E-state index in [9.17, 15) is 19.8 Å². The van der Waals surface area contributed by atoms with Crippen LogP contribution in [0.4, 0.5) is 11.4 Å². The molecular formula is C18H28N2O4. The van der Waals surface area contributed by atoms with E-state index < -0.39 is 11.9 Å². The number of benzene rings is 1. The molecule has 0 aliphatic carbocycles. The smallest absolute Gasteiger partial charge is 0.337 e. The van der Waals surface area contributed by atoms with Gasteiger partial charge in [-0.2, -0.15) is 0 Å². The van der Waals surface area contributed by atoms with E-state index in [1.165, 1.54) is 12.1 Å². The summed E-state index contributed by atoms with van der Waals surface area (Å²) in [6, 6.07) is 2.83. The van der Waals surface area contributed by atoms with E-state index in [0.29, 0.717) is 24.5 Å². The molecule has 0 bridgehead atoms. The van der Waals surface area contributed by atoms with E-state index in [2.05, 4.69) is 24.5 Å². The molecule has 134 valence electrons. The molecule has 0 amide bonds. The summed E-state index contributed by atoms with van der Waals surface area (Å²) in [5.74, 6) is -2.14. The first-order valence-electron chi connectivity index (χ1n) is 8.63. The van der Waals surface area contributed by atoms with Crippen molar-refractivity contribution in [3.8, 4) is 0 Å². The molecule has 6 nitrogen and oxygen atoms in total. The minimum Gasteiger partial charge on any atom is -0.478 e. The molecule has 1 rings (SSSR count). The molecule has 4 N–H and O–H groups in total. The minimum absolute atomic E-state index is 0.0921. The number of carboxylic acid groups (broad SMARTS) is 2. The second kappa shape index (κ2) is 10.5. The van der Waals surface area contributed by atoms with E-state index >= 15 is 0 Å². The highest BCUT2D eigenvalue weighted by Crippen LogP contribution is 2.26. The summed E-state index contributed by atoms with van der Waals surface area (Å²) >= 11 is 0. The molecule has 0 radical (unpaired) electrons. The van der Waals surface area contributed by atoms with Crippen LogP contribution in [0.5, 0.6) is 0 Å². The van der Waals surface area contributed by atoms with Gasteiger partial charge in [0.25, 0.3) is 0 Å². The van der Waals surface area contributed by atoms with Gasteiger partial charge in [-0.15, -0.1) is 0 Å². The van der Waals surface area contributed by atoms with Gasteiger partial charge in [0, 0.05) is 24.5 Å². The third-order valence-corrected chi connectivity index (χ3v) is 3.81. The first-order valence-corrected chi connectivity index (χ1v) is 8.63. The number of rotatable bonds is 12. The molecular weight excluding hydrogens is 308 g/mol. The van der Waals surface area contributed by atoms with Crippen molar-refractivity contribution in [1.82, 2.24) is 0 Å². The molecule has 0 atom stereocenters. The van der Waals surface area contributed by atoms with Crippen LogP contribution in [-0.4, -0.2) is 35.2 Å². The molecule has 0 aliphatic heterocycles. The van der Waals surface area contributed by atoms with E-state index in [1.807, 2.05) is 0 Å². The Labute approximate surface area is 143 Å². The van der Waals surface area contributed by atoms with E-state index in [4.69, 9.17) is 0 Å². The Morgan fingerprint density at radius 2 is 1.17 bits per heavy atom. The number of aromatic carboxylic acids is 2. The van der Waals surface area contributed by atoms with Gasteiger partial charge in [0.15, 0.2) is 0 Å². The zero-order chi connectivity index (χ0) is 17.9. The molecule has 1 aromatic rings. The van der Waals surface area contributed by atoms with Gasteiger partial charge in [-0.3, -0.25) is 0 Å². The van der Waals surface area contributed by atoms with Gasteiger partial charge < -0.3 is 20.8 Å². The van der Waals surface area contributed by atoms with Gasteiger partial charge in [0.05, 0.1) is 11.1 Å². The van der Waals surface area contributed by atoms with Gasteiger partial charge in [0.1, 0.15) is 0 Å². The van der Waals surface area contributed by atoms with Crippen LogP contribution < -0.4 is 10.6 Å². The van der Waals surface area contributed by atoms with Gasteiger partial charge in [-0.05, 0) is 25.0 Å². The van der Waals surface area contributed by atoms with Crippen LogP contribution >= 0.6 is 0 Å². The molecule has 0 saturated carbocycles. The Hall–Kier alpha value is -2.24. The molecule has 0 fully saturated rings. The third-order valence-electron chi connectivity index (χ3n) is 3.81. The highest BCUT2D eigenvalue weighted by molar-refractivity contribution is 6.02. The Kier molecular flexibility index (Phi) is 8.68. The van der Waals surface area contributed by atoms with Crippen molar-refractivity contribution in [2.45, 2.75) is 52.4 Å². The summed E-state index contributed by atoms with van der Waals surface area (Å²) in [5, 5.41) is 24.9. The first kappa shape index (κ1) is 19.8. The van der Waals surface area contributed by atoms with Crippen molar-refractivity contribution in [3.05, 3.63) is 23.3 Å². The highest BCUT2D eigenvalue weighted by Gasteiger charge is 2.18. The predicted octanol–water partition coefficient (Wildman–Crippen LogP) is 4.29. The number of carboxylic acids is 2. The SMILES string of the molecule is CCCCCNc1cc(C(=O)O)c(NCCCCC)cc1C(=O)O. The molecule has 24 heavy (non-hydrogen) atoms. The van der Waals surface area contributed by atoms with Gasteiger partial charge in [0.2, 0.25) is 0 Å². The Morgan fingerprint density at radius 3 is 1.46 bits per heavy atom. The minimum atomic E-state index is -1.07. The van der Waals surface area contributed by atoms with Crippen molar-refractivity contribution in [2.75, 3.05) is 23.7 Å². The molecule has 0 saturated heterocycles. The number of hydrogen-bond acceptors (Lipinski definition) is 4. The van der Waals surface area contributed by atoms with Crippen LogP contribution in [0.2, 0.25) is 0 Å². The normalized spacial score (nSPS) is 10.4. The van der Waals surface area contributed by atoms with Crippen molar-refractivity contribution < 1.29 is 19.8 Å².